The van der Waals surface area contributed by atoms with E-state index in [-0.39, 0.29) is 11.7 Å². The van der Waals surface area contributed by atoms with Gasteiger partial charge in [0.2, 0.25) is 5.91 Å². The summed E-state index contributed by atoms with van der Waals surface area (Å²) in [6, 6.07) is 3.79. The number of nitrogens with zero attached hydrogens (tertiary/aromatic N) is 2. The van der Waals surface area contributed by atoms with Crippen molar-refractivity contribution in [3.05, 3.63) is 17.5 Å². The Kier molecular flexibility index (Phi) is 3.54. The van der Waals surface area contributed by atoms with Gasteiger partial charge in [-0.2, -0.15) is 0 Å². The van der Waals surface area contributed by atoms with Crippen molar-refractivity contribution in [2.75, 3.05) is 5.75 Å². The second-order valence-electron chi connectivity index (χ2n) is 2.71. The van der Waals surface area contributed by atoms with E-state index >= 15 is 0 Å². The summed E-state index contributed by atoms with van der Waals surface area (Å²) in [4.78, 5) is 11.8. The van der Waals surface area contributed by atoms with Gasteiger partial charge in [-0.25, -0.2) is 5.84 Å². The molecule has 0 fully saturated rings. The summed E-state index contributed by atoms with van der Waals surface area (Å²) in [7, 11) is 0. The molecule has 0 bridgehead atoms. The van der Waals surface area contributed by atoms with E-state index in [1.807, 2.05) is 22.9 Å². The zero-order valence-corrected chi connectivity index (χ0v) is 9.68. The molecule has 2 aromatic rings. The highest BCUT2D eigenvalue weighted by Crippen LogP contribution is 2.26. The maximum Gasteiger partial charge on any atom is 0.277 e. The van der Waals surface area contributed by atoms with Crippen LogP contribution in [0.1, 0.15) is 0 Å². The molecule has 0 unspecified atom stereocenters. The minimum absolute atomic E-state index is 0.155. The van der Waals surface area contributed by atoms with Crippen molar-refractivity contribution in [1.82, 2.24) is 15.6 Å². The van der Waals surface area contributed by atoms with Gasteiger partial charge in [-0.05, 0) is 11.4 Å². The minimum Gasteiger partial charge on any atom is -0.410 e. The van der Waals surface area contributed by atoms with Gasteiger partial charge >= 0.3 is 0 Å². The Morgan fingerprint density at radius 2 is 2.50 bits per heavy atom. The molecule has 84 valence electrons. The molecule has 2 aromatic heterocycles. The average Bonchev–Trinajstić information content (AvgIpc) is 2.95. The van der Waals surface area contributed by atoms with Gasteiger partial charge in [0.15, 0.2) is 0 Å². The second-order valence-corrected chi connectivity index (χ2v) is 4.58. The van der Waals surface area contributed by atoms with Crippen LogP contribution in [0, 0.1) is 0 Å². The van der Waals surface area contributed by atoms with E-state index < -0.39 is 0 Å². The summed E-state index contributed by atoms with van der Waals surface area (Å²) in [5.74, 6) is 5.27. The van der Waals surface area contributed by atoms with Crippen LogP contribution < -0.4 is 11.3 Å². The van der Waals surface area contributed by atoms with Gasteiger partial charge in [-0.1, -0.05) is 17.8 Å². The third kappa shape index (κ3) is 2.60. The molecule has 6 nitrogen and oxygen atoms in total. The van der Waals surface area contributed by atoms with Gasteiger partial charge < -0.3 is 4.42 Å². The first-order valence-electron chi connectivity index (χ1n) is 4.29. The van der Waals surface area contributed by atoms with Crippen molar-refractivity contribution in [3.63, 3.8) is 0 Å². The number of aromatic nitrogens is 2. The molecule has 0 aliphatic carbocycles. The zero-order chi connectivity index (χ0) is 11.4. The fourth-order valence-corrected chi connectivity index (χ4v) is 2.16. The van der Waals surface area contributed by atoms with E-state index in [2.05, 4.69) is 10.2 Å². The number of amides is 1. The molecule has 2 heterocycles. The third-order valence-corrected chi connectivity index (χ3v) is 3.30. The maximum absolute atomic E-state index is 10.9. The lowest BCUT2D eigenvalue weighted by Gasteiger charge is -1.94. The number of carbonyl (C=O) groups excluding carboxylic acids is 1. The van der Waals surface area contributed by atoms with Crippen LogP contribution in [-0.2, 0) is 4.79 Å². The topological polar surface area (TPSA) is 94.0 Å². The monoisotopic (exact) mass is 256 g/mol. The number of thioether (sulfide) groups is 1. The molecule has 0 atom stereocenters. The van der Waals surface area contributed by atoms with Crippen LogP contribution in [0.15, 0.2) is 27.2 Å². The normalized spacial score (nSPS) is 10.3. The number of carbonyl (C=O) groups is 1. The first kappa shape index (κ1) is 11.1. The Hall–Kier alpha value is -1.38. The molecule has 0 saturated carbocycles. The summed E-state index contributed by atoms with van der Waals surface area (Å²) in [6.45, 7) is 0. The predicted octanol–water partition coefficient (Wildman–Crippen LogP) is 0.880. The molecule has 0 spiro atoms. The largest absolute Gasteiger partial charge is 0.410 e. The molecule has 3 N–H and O–H groups in total. The minimum atomic E-state index is -0.291. The van der Waals surface area contributed by atoms with Gasteiger partial charge in [-0.15, -0.1) is 21.5 Å². The zero-order valence-electron chi connectivity index (χ0n) is 8.04. The molecule has 0 aliphatic heterocycles. The Bertz CT molecular complexity index is 468. The predicted molar refractivity (Wildman–Crippen MR) is 60.7 cm³/mol. The Morgan fingerprint density at radius 1 is 1.62 bits per heavy atom. The van der Waals surface area contributed by atoms with Crippen molar-refractivity contribution < 1.29 is 9.21 Å². The van der Waals surface area contributed by atoms with Crippen LogP contribution in [0.2, 0.25) is 0 Å². The number of rotatable bonds is 4. The van der Waals surface area contributed by atoms with E-state index in [1.165, 1.54) is 11.3 Å². The number of hydrogen-bond donors (Lipinski definition) is 2. The first-order chi connectivity index (χ1) is 7.79. The van der Waals surface area contributed by atoms with E-state index in [0.717, 1.165) is 16.6 Å². The van der Waals surface area contributed by atoms with Crippen molar-refractivity contribution in [2.45, 2.75) is 5.22 Å². The summed E-state index contributed by atoms with van der Waals surface area (Å²) < 4.78 is 5.35. The summed E-state index contributed by atoms with van der Waals surface area (Å²) in [5, 5.41) is 9.96. The SMILES string of the molecule is NNC(=O)CSc1nnc(-c2cccs2)o1. The summed E-state index contributed by atoms with van der Waals surface area (Å²) in [6.07, 6.45) is 0. The number of thiophene rings is 1. The van der Waals surface area contributed by atoms with E-state index in [0.29, 0.717) is 11.1 Å². The van der Waals surface area contributed by atoms with Crippen molar-refractivity contribution in [3.8, 4) is 10.8 Å². The standard InChI is InChI=1S/C8H8N4O2S2/c9-10-6(13)4-16-8-12-11-7(14-8)5-2-1-3-15-5/h1-3H,4,9H2,(H,10,13). The van der Waals surface area contributed by atoms with E-state index in [9.17, 15) is 4.79 Å². The molecule has 0 aliphatic rings. The fourth-order valence-electron chi connectivity index (χ4n) is 0.937. The lowest BCUT2D eigenvalue weighted by atomic mass is 10.5. The molecule has 0 radical (unpaired) electrons. The van der Waals surface area contributed by atoms with Crippen LogP contribution >= 0.6 is 23.1 Å². The van der Waals surface area contributed by atoms with Gasteiger partial charge in [0.1, 0.15) is 0 Å². The Labute approximate surface area is 99.2 Å². The maximum atomic E-state index is 10.9. The molecule has 0 aromatic carbocycles. The summed E-state index contributed by atoms with van der Waals surface area (Å²) in [5.41, 5.74) is 2.02. The molecule has 0 saturated heterocycles. The molecular weight excluding hydrogens is 248 g/mol. The van der Waals surface area contributed by atoms with Gasteiger partial charge in [0.25, 0.3) is 11.1 Å². The van der Waals surface area contributed by atoms with Crippen LogP contribution in [0.4, 0.5) is 0 Å². The lowest BCUT2D eigenvalue weighted by molar-refractivity contribution is -0.118. The average molecular weight is 256 g/mol. The third-order valence-electron chi connectivity index (χ3n) is 1.63. The van der Waals surface area contributed by atoms with Crippen molar-refractivity contribution >= 4 is 29.0 Å². The lowest BCUT2D eigenvalue weighted by Crippen LogP contribution is -2.31. The Morgan fingerprint density at radius 3 is 3.19 bits per heavy atom. The number of hydrogen-bond acceptors (Lipinski definition) is 7. The van der Waals surface area contributed by atoms with Crippen LogP contribution in [0.5, 0.6) is 0 Å². The van der Waals surface area contributed by atoms with Crippen LogP contribution in [-0.4, -0.2) is 21.9 Å². The van der Waals surface area contributed by atoms with Gasteiger partial charge in [-0.3, -0.25) is 10.2 Å². The second kappa shape index (κ2) is 5.10. The molecule has 2 rings (SSSR count). The van der Waals surface area contributed by atoms with E-state index in [4.69, 9.17) is 10.3 Å². The van der Waals surface area contributed by atoms with Crippen LogP contribution in [0.3, 0.4) is 0 Å². The number of nitrogens with two attached hydrogens (primary N) is 1. The quantitative estimate of drug-likeness (QED) is 0.365. The number of nitrogens with one attached hydrogen (secondary N) is 1. The van der Waals surface area contributed by atoms with Gasteiger partial charge in [0.05, 0.1) is 10.6 Å². The van der Waals surface area contributed by atoms with E-state index in [1.54, 1.807) is 0 Å². The highest BCUT2D eigenvalue weighted by Gasteiger charge is 2.10. The first-order valence-corrected chi connectivity index (χ1v) is 6.16. The molecular formula is C8H8N4O2S2. The van der Waals surface area contributed by atoms with Crippen molar-refractivity contribution in [1.29, 1.82) is 0 Å². The molecule has 1 amide bonds. The highest BCUT2D eigenvalue weighted by molar-refractivity contribution is 7.99. The molecule has 8 heteroatoms. The van der Waals surface area contributed by atoms with Crippen molar-refractivity contribution in [2.24, 2.45) is 5.84 Å². The van der Waals surface area contributed by atoms with Crippen LogP contribution in [0.25, 0.3) is 10.8 Å². The Balaban J connectivity index is 2.00. The summed E-state index contributed by atoms with van der Waals surface area (Å²) >= 11 is 2.66. The highest BCUT2D eigenvalue weighted by atomic mass is 32.2. The van der Waals surface area contributed by atoms with Gasteiger partial charge in [0, 0.05) is 0 Å². The smallest absolute Gasteiger partial charge is 0.277 e. The molecule has 16 heavy (non-hydrogen) atoms. The fraction of sp³-hybridized carbons (Fsp3) is 0.125. The number of hydrazine groups is 1.